The van der Waals surface area contributed by atoms with Gasteiger partial charge in [0.05, 0.1) is 25.2 Å². The molecule has 216 valence electrons. The highest BCUT2D eigenvalue weighted by atomic mass is 32.1. The summed E-state index contributed by atoms with van der Waals surface area (Å²) in [6.07, 6.45) is 24.4. The topological polar surface area (TPSA) is 31.6 Å². The minimum atomic E-state index is -0.0190. The molecule has 0 fully saturated rings. The molecule has 0 aliphatic rings. The Morgan fingerprint density at radius 3 is 1.82 bits per heavy atom. The highest BCUT2D eigenvalue weighted by Crippen LogP contribution is 2.14. The highest BCUT2D eigenvalue weighted by Gasteiger charge is 2.11. The fourth-order valence-electron chi connectivity index (χ4n) is 4.85. The van der Waals surface area contributed by atoms with E-state index in [1.54, 1.807) is 18.4 Å². The van der Waals surface area contributed by atoms with Crippen LogP contribution in [0.2, 0.25) is 0 Å². The lowest BCUT2D eigenvalue weighted by Crippen LogP contribution is -2.31. The van der Waals surface area contributed by atoms with Crippen molar-refractivity contribution in [1.29, 1.82) is 0 Å². The van der Waals surface area contributed by atoms with Gasteiger partial charge in [0, 0.05) is 19.3 Å². The number of benzene rings is 1. The Hall–Kier alpha value is -1.27. The molecule has 38 heavy (non-hydrogen) atoms. The third kappa shape index (κ3) is 16.6. The van der Waals surface area contributed by atoms with E-state index in [-0.39, 0.29) is 6.10 Å². The highest BCUT2D eigenvalue weighted by molar-refractivity contribution is 7.07. The maximum Gasteiger partial charge on any atom is 0.224 e. The van der Waals surface area contributed by atoms with Crippen LogP contribution in [0.1, 0.15) is 121 Å². The number of unbranched alkanes of at least 4 members (excludes halogenated alkanes) is 15. The van der Waals surface area contributed by atoms with Crippen LogP contribution in [0.15, 0.2) is 41.4 Å². The van der Waals surface area contributed by atoms with Gasteiger partial charge in [-0.25, -0.2) is 0 Å². The first-order valence-electron chi connectivity index (χ1n) is 15.5. The summed E-state index contributed by atoms with van der Waals surface area (Å²) in [7, 11) is 1.74. The Bertz CT molecular complexity index is 767. The number of aromatic nitrogens is 1. The molecule has 4 nitrogen and oxygen atoms in total. The summed E-state index contributed by atoms with van der Waals surface area (Å²) in [5.41, 5.74) is 4.66. The molecule has 0 spiro atoms. The summed E-state index contributed by atoms with van der Waals surface area (Å²) in [5.74, 6) is 0. The zero-order valence-electron chi connectivity index (χ0n) is 24.5. The number of nitrogens with zero attached hydrogens (tertiary/aromatic N) is 1. The summed E-state index contributed by atoms with van der Waals surface area (Å²) in [6.45, 7) is 5.73. The zero-order valence-corrected chi connectivity index (χ0v) is 25.4. The van der Waals surface area contributed by atoms with Gasteiger partial charge in [0.2, 0.25) is 5.51 Å². The number of hydrogen-bond donors (Lipinski definition) is 0. The molecule has 1 heterocycles. The summed E-state index contributed by atoms with van der Waals surface area (Å²) in [6, 6.07) is 8.50. The number of ether oxygens (including phenoxy) is 3. The van der Waals surface area contributed by atoms with Crippen LogP contribution in [-0.4, -0.2) is 33.0 Å². The van der Waals surface area contributed by atoms with Crippen LogP contribution in [-0.2, 0) is 27.4 Å². The monoisotopic (exact) mass is 546 g/mol. The Kier molecular flexibility index (Phi) is 20.5. The van der Waals surface area contributed by atoms with Crippen LogP contribution in [0.3, 0.4) is 0 Å². The molecule has 0 aliphatic carbocycles. The van der Waals surface area contributed by atoms with Crippen molar-refractivity contribution in [2.45, 2.75) is 129 Å². The number of methoxy groups -OCH3 is 1. The van der Waals surface area contributed by atoms with Gasteiger partial charge in [-0.15, -0.1) is 0 Å². The van der Waals surface area contributed by atoms with E-state index in [0.717, 1.165) is 19.6 Å². The lowest BCUT2D eigenvalue weighted by molar-refractivity contribution is -0.683. The van der Waals surface area contributed by atoms with Crippen molar-refractivity contribution in [3.05, 3.63) is 52.5 Å². The predicted octanol–water partition coefficient (Wildman–Crippen LogP) is 8.89. The van der Waals surface area contributed by atoms with Gasteiger partial charge in [-0.2, -0.15) is 4.57 Å². The van der Waals surface area contributed by atoms with E-state index in [0.29, 0.717) is 19.8 Å². The fourth-order valence-corrected chi connectivity index (χ4v) is 5.45. The third-order valence-electron chi connectivity index (χ3n) is 7.34. The van der Waals surface area contributed by atoms with Gasteiger partial charge in [0.15, 0.2) is 12.7 Å². The quantitative estimate of drug-likeness (QED) is 0.0872. The maximum atomic E-state index is 6.01. The molecular formula is C33H56NO3S+. The molecule has 1 unspecified atom stereocenters. The predicted molar refractivity (Wildman–Crippen MR) is 161 cm³/mol. The Labute approximate surface area is 238 Å². The number of hydrogen-bond acceptors (Lipinski definition) is 4. The van der Waals surface area contributed by atoms with E-state index in [1.165, 1.54) is 107 Å². The molecule has 1 aromatic heterocycles. The van der Waals surface area contributed by atoms with E-state index in [1.807, 2.05) is 0 Å². The van der Waals surface area contributed by atoms with E-state index >= 15 is 0 Å². The Balaban J connectivity index is 1.38. The summed E-state index contributed by atoms with van der Waals surface area (Å²) < 4.78 is 19.7. The molecule has 2 rings (SSSR count). The smallest absolute Gasteiger partial charge is 0.224 e. The van der Waals surface area contributed by atoms with Crippen LogP contribution in [0.25, 0.3) is 0 Å². The summed E-state index contributed by atoms with van der Waals surface area (Å²) in [4.78, 5) is 0. The molecule has 0 aliphatic heterocycles. The second kappa shape index (κ2) is 23.6. The van der Waals surface area contributed by atoms with E-state index < -0.39 is 0 Å². The van der Waals surface area contributed by atoms with Crippen LogP contribution >= 0.6 is 11.3 Å². The molecule has 0 radical (unpaired) electrons. The van der Waals surface area contributed by atoms with Crippen molar-refractivity contribution in [3.63, 3.8) is 0 Å². The number of rotatable bonds is 26. The van der Waals surface area contributed by atoms with Crippen molar-refractivity contribution in [2.75, 3.05) is 26.9 Å². The first-order valence-corrected chi connectivity index (χ1v) is 16.4. The molecule has 0 bridgehead atoms. The largest absolute Gasteiger partial charge is 0.379 e. The molecule has 1 aromatic carbocycles. The van der Waals surface area contributed by atoms with Gasteiger partial charge >= 0.3 is 0 Å². The second-order valence-corrected chi connectivity index (χ2v) is 11.5. The Morgan fingerprint density at radius 2 is 1.26 bits per heavy atom. The van der Waals surface area contributed by atoms with Gasteiger partial charge < -0.3 is 14.2 Å². The van der Waals surface area contributed by atoms with Gasteiger partial charge in [0.25, 0.3) is 0 Å². The lowest BCUT2D eigenvalue weighted by Gasteiger charge is -2.16. The number of thiazole rings is 1. The van der Waals surface area contributed by atoms with Gasteiger partial charge in [0.1, 0.15) is 6.10 Å². The lowest BCUT2D eigenvalue weighted by atomic mass is 10.0. The van der Waals surface area contributed by atoms with Crippen LogP contribution in [0.4, 0.5) is 0 Å². The molecule has 2 aromatic rings. The van der Waals surface area contributed by atoms with E-state index in [4.69, 9.17) is 14.2 Å². The van der Waals surface area contributed by atoms with Crippen molar-refractivity contribution in [1.82, 2.24) is 0 Å². The van der Waals surface area contributed by atoms with E-state index in [2.05, 4.69) is 52.8 Å². The fraction of sp³-hybridized carbons (Fsp3) is 0.727. The minimum absolute atomic E-state index is 0.0190. The standard InChI is InChI=1S/C33H56NO3S/c1-3-4-5-6-7-8-9-10-11-12-13-14-15-16-17-20-24-36-28-33(35-2)29-37-27-32-22-19-18-21-31(32)26-34-23-25-38-30-34/h18-19,21-23,25,30,33H,3-17,20,24,26-29H2,1-2H3/q+1. The molecule has 5 heteroatoms. The molecule has 0 saturated heterocycles. The minimum Gasteiger partial charge on any atom is -0.379 e. The van der Waals surface area contributed by atoms with Crippen LogP contribution < -0.4 is 4.57 Å². The molecular weight excluding hydrogens is 490 g/mol. The average molecular weight is 547 g/mol. The van der Waals surface area contributed by atoms with Crippen LogP contribution in [0, 0.1) is 0 Å². The molecule has 0 amide bonds. The van der Waals surface area contributed by atoms with Crippen molar-refractivity contribution >= 4 is 11.3 Å². The van der Waals surface area contributed by atoms with Crippen molar-refractivity contribution < 1.29 is 18.8 Å². The molecule has 1 atom stereocenters. The second-order valence-electron chi connectivity index (χ2n) is 10.7. The van der Waals surface area contributed by atoms with Gasteiger partial charge in [-0.05, 0) is 12.0 Å². The molecule has 0 saturated carbocycles. The first kappa shape index (κ1) is 32.9. The first-order chi connectivity index (χ1) is 18.8. The average Bonchev–Trinajstić information content (AvgIpc) is 3.45. The summed E-state index contributed by atoms with van der Waals surface area (Å²) in [5, 5.41) is 2.10. The third-order valence-corrected chi connectivity index (χ3v) is 8.01. The normalized spacial score (nSPS) is 12.3. The maximum absolute atomic E-state index is 6.01. The van der Waals surface area contributed by atoms with Crippen molar-refractivity contribution in [3.8, 4) is 0 Å². The van der Waals surface area contributed by atoms with Gasteiger partial charge in [-0.3, -0.25) is 0 Å². The van der Waals surface area contributed by atoms with Gasteiger partial charge in [-0.1, -0.05) is 139 Å². The van der Waals surface area contributed by atoms with Crippen LogP contribution in [0.5, 0.6) is 0 Å². The summed E-state index contributed by atoms with van der Waals surface area (Å²) >= 11 is 1.71. The zero-order chi connectivity index (χ0) is 26.9. The van der Waals surface area contributed by atoms with Crippen molar-refractivity contribution in [2.24, 2.45) is 0 Å². The van der Waals surface area contributed by atoms with E-state index in [9.17, 15) is 0 Å². The SMILES string of the molecule is CCCCCCCCCCCCCCCCCCOCC(COCc1ccccc1C[n+]1ccsc1)OC. The molecule has 0 N–H and O–H groups in total. The Morgan fingerprint density at radius 1 is 0.711 bits per heavy atom.